The van der Waals surface area contributed by atoms with Crippen LogP contribution in [-0.2, 0) is 14.8 Å². The van der Waals surface area contributed by atoms with Gasteiger partial charge >= 0.3 is 0 Å². The smallest absolute Gasteiger partial charge is 0.261 e. The standard InChI is InChI=1S/C24H32N2O5S/c1-2-30-22-14-12-20(13-15-22)26-32(28,29)23-11-6-8-19(18-23)24(27)25-16-7-17-31-21-9-4-3-5-10-21/h6,8,11-15,18,21,26H,2-5,7,9-10,16-17H2,1H3,(H,25,27). The molecule has 0 spiro atoms. The summed E-state index contributed by atoms with van der Waals surface area (Å²) in [4.78, 5) is 12.5. The lowest BCUT2D eigenvalue weighted by Crippen LogP contribution is -2.26. The summed E-state index contributed by atoms with van der Waals surface area (Å²) in [6.07, 6.45) is 7.07. The molecule has 0 radical (unpaired) electrons. The minimum Gasteiger partial charge on any atom is -0.494 e. The number of sulfonamides is 1. The first-order valence-electron chi connectivity index (χ1n) is 11.2. The van der Waals surface area contributed by atoms with Crippen LogP contribution in [0.25, 0.3) is 0 Å². The second kappa shape index (κ2) is 11.9. The Bertz CT molecular complexity index is 970. The van der Waals surface area contributed by atoms with E-state index in [-0.39, 0.29) is 10.8 Å². The van der Waals surface area contributed by atoms with Gasteiger partial charge < -0.3 is 14.8 Å². The van der Waals surface area contributed by atoms with E-state index in [9.17, 15) is 13.2 Å². The van der Waals surface area contributed by atoms with Crippen LogP contribution in [0.1, 0.15) is 55.8 Å². The summed E-state index contributed by atoms with van der Waals surface area (Å²) in [6, 6.07) is 12.7. The van der Waals surface area contributed by atoms with E-state index in [1.807, 2.05) is 6.92 Å². The third-order valence-corrected chi connectivity index (χ3v) is 6.72. The van der Waals surface area contributed by atoms with Gasteiger partial charge in [-0.2, -0.15) is 0 Å². The van der Waals surface area contributed by atoms with Gasteiger partial charge in [0.25, 0.3) is 15.9 Å². The van der Waals surface area contributed by atoms with Crippen molar-refractivity contribution in [1.29, 1.82) is 0 Å². The molecule has 2 aromatic rings. The van der Waals surface area contributed by atoms with Gasteiger partial charge in [-0.3, -0.25) is 9.52 Å². The van der Waals surface area contributed by atoms with Crippen molar-refractivity contribution in [2.45, 2.75) is 56.4 Å². The maximum absolute atomic E-state index is 12.7. The Morgan fingerprint density at radius 3 is 2.53 bits per heavy atom. The quantitative estimate of drug-likeness (QED) is 0.486. The van der Waals surface area contributed by atoms with Gasteiger partial charge in [-0.15, -0.1) is 0 Å². The molecule has 32 heavy (non-hydrogen) atoms. The first-order valence-corrected chi connectivity index (χ1v) is 12.7. The molecule has 0 saturated heterocycles. The van der Waals surface area contributed by atoms with Crippen molar-refractivity contribution >= 4 is 21.6 Å². The number of carbonyl (C=O) groups excluding carboxylic acids is 1. The minimum atomic E-state index is -3.83. The Balaban J connectivity index is 1.51. The Morgan fingerprint density at radius 1 is 1.06 bits per heavy atom. The van der Waals surface area contributed by atoms with Gasteiger partial charge in [0.2, 0.25) is 0 Å². The van der Waals surface area contributed by atoms with Gasteiger partial charge in [0, 0.05) is 24.4 Å². The molecule has 2 aromatic carbocycles. The molecule has 1 aliphatic carbocycles. The van der Waals surface area contributed by atoms with Crippen LogP contribution in [0.4, 0.5) is 5.69 Å². The first-order chi connectivity index (χ1) is 15.5. The van der Waals surface area contributed by atoms with E-state index in [0.717, 1.165) is 19.3 Å². The number of hydrogen-bond donors (Lipinski definition) is 2. The second-order valence-electron chi connectivity index (χ2n) is 7.83. The van der Waals surface area contributed by atoms with Gasteiger partial charge in [-0.1, -0.05) is 25.3 Å². The number of ether oxygens (including phenoxy) is 2. The maximum Gasteiger partial charge on any atom is 0.261 e. The molecule has 0 unspecified atom stereocenters. The van der Waals surface area contributed by atoms with Crippen LogP contribution in [0.5, 0.6) is 5.75 Å². The maximum atomic E-state index is 12.7. The van der Waals surface area contributed by atoms with Gasteiger partial charge in [0.1, 0.15) is 5.75 Å². The Kier molecular flexibility index (Phi) is 8.93. The van der Waals surface area contributed by atoms with Crippen LogP contribution in [0.3, 0.4) is 0 Å². The number of amides is 1. The monoisotopic (exact) mass is 460 g/mol. The zero-order valence-electron chi connectivity index (χ0n) is 18.5. The molecule has 1 fully saturated rings. The summed E-state index contributed by atoms with van der Waals surface area (Å²) >= 11 is 0. The van der Waals surface area contributed by atoms with Gasteiger partial charge in [-0.05, 0) is 68.7 Å². The normalized spacial score (nSPS) is 14.7. The molecule has 0 aliphatic heterocycles. The second-order valence-corrected chi connectivity index (χ2v) is 9.51. The van der Waals surface area contributed by atoms with E-state index in [1.165, 1.54) is 31.4 Å². The topological polar surface area (TPSA) is 93.7 Å². The van der Waals surface area contributed by atoms with Crippen LogP contribution in [-0.4, -0.2) is 40.2 Å². The van der Waals surface area contributed by atoms with Gasteiger partial charge in [0.05, 0.1) is 17.6 Å². The van der Waals surface area contributed by atoms with Gasteiger partial charge in [-0.25, -0.2) is 8.42 Å². The molecular weight excluding hydrogens is 428 g/mol. The van der Waals surface area contributed by atoms with Gasteiger partial charge in [0.15, 0.2) is 0 Å². The minimum absolute atomic E-state index is 0.0275. The van der Waals surface area contributed by atoms with Crippen molar-refractivity contribution in [2.24, 2.45) is 0 Å². The highest BCUT2D eigenvalue weighted by molar-refractivity contribution is 7.92. The highest BCUT2D eigenvalue weighted by Crippen LogP contribution is 2.21. The van der Waals surface area contributed by atoms with E-state index < -0.39 is 10.0 Å². The lowest BCUT2D eigenvalue weighted by atomic mass is 9.98. The van der Waals surface area contributed by atoms with E-state index in [0.29, 0.717) is 42.9 Å². The summed E-state index contributed by atoms with van der Waals surface area (Å²) in [5.41, 5.74) is 0.717. The molecule has 3 rings (SSSR count). The summed E-state index contributed by atoms with van der Waals surface area (Å²) in [7, 11) is -3.83. The highest BCUT2D eigenvalue weighted by atomic mass is 32.2. The zero-order chi connectivity index (χ0) is 22.8. The molecule has 0 aromatic heterocycles. The predicted molar refractivity (Wildman–Crippen MR) is 125 cm³/mol. The third-order valence-electron chi connectivity index (χ3n) is 5.34. The van der Waals surface area contributed by atoms with Crippen LogP contribution >= 0.6 is 0 Å². The Morgan fingerprint density at radius 2 is 1.81 bits per heavy atom. The van der Waals surface area contributed by atoms with E-state index >= 15 is 0 Å². The average molecular weight is 461 g/mol. The fraction of sp³-hybridized carbons (Fsp3) is 0.458. The Hall–Kier alpha value is -2.58. The summed E-state index contributed by atoms with van der Waals surface area (Å²) in [6.45, 7) is 3.51. The molecular formula is C24H32N2O5S. The molecule has 174 valence electrons. The lowest BCUT2D eigenvalue weighted by molar-refractivity contribution is 0.0273. The Labute approximate surface area is 190 Å². The SMILES string of the molecule is CCOc1ccc(NS(=O)(=O)c2cccc(C(=O)NCCCOC3CCCCC3)c2)cc1. The summed E-state index contributed by atoms with van der Waals surface area (Å²) in [5, 5.41) is 2.84. The fourth-order valence-electron chi connectivity index (χ4n) is 3.66. The molecule has 0 atom stereocenters. The van der Waals surface area contributed by atoms with Crippen molar-refractivity contribution in [3.63, 3.8) is 0 Å². The van der Waals surface area contributed by atoms with Crippen LogP contribution in [0.15, 0.2) is 53.4 Å². The number of nitrogens with one attached hydrogen (secondary N) is 2. The largest absolute Gasteiger partial charge is 0.494 e. The van der Waals surface area contributed by atoms with Crippen molar-refractivity contribution in [1.82, 2.24) is 5.32 Å². The molecule has 1 amide bonds. The molecule has 1 saturated carbocycles. The van der Waals surface area contributed by atoms with Crippen LogP contribution in [0.2, 0.25) is 0 Å². The predicted octanol–water partition coefficient (Wildman–Crippen LogP) is 4.36. The summed E-state index contributed by atoms with van der Waals surface area (Å²) in [5.74, 6) is 0.360. The number of carbonyl (C=O) groups is 1. The van der Waals surface area contributed by atoms with Crippen molar-refractivity contribution < 1.29 is 22.7 Å². The van der Waals surface area contributed by atoms with E-state index in [2.05, 4.69) is 10.0 Å². The van der Waals surface area contributed by atoms with Crippen molar-refractivity contribution in [3.8, 4) is 5.75 Å². The van der Waals surface area contributed by atoms with E-state index in [1.54, 1.807) is 36.4 Å². The third kappa shape index (κ3) is 7.24. The fourth-order valence-corrected chi connectivity index (χ4v) is 4.77. The molecule has 1 aliphatic rings. The van der Waals surface area contributed by atoms with Crippen LogP contribution < -0.4 is 14.8 Å². The number of benzene rings is 2. The zero-order valence-corrected chi connectivity index (χ0v) is 19.3. The van der Waals surface area contributed by atoms with E-state index in [4.69, 9.17) is 9.47 Å². The average Bonchev–Trinajstić information content (AvgIpc) is 2.81. The van der Waals surface area contributed by atoms with Crippen molar-refractivity contribution in [2.75, 3.05) is 24.5 Å². The van der Waals surface area contributed by atoms with Crippen molar-refractivity contribution in [3.05, 3.63) is 54.1 Å². The number of hydrogen-bond acceptors (Lipinski definition) is 5. The van der Waals surface area contributed by atoms with Crippen LogP contribution in [0, 0.1) is 0 Å². The summed E-state index contributed by atoms with van der Waals surface area (Å²) < 4.78 is 39.3. The molecule has 8 heteroatoms. The number of rotatable bonds is 11. The molecule has 2 N–H and O–H groups in total. The molecule has 7 nitrogen and oxygen atoms in total. The number of anilines is 1. The first kappa shape index (κ1) is 24.1. The molecule has 0 heterocycles. The highest BCUT2D eigenvalue weighted by Gasteiger charge is 2.17. The molecule has 0 bridgehead atoms. The lowest BCUT2D eigenvalue weighted by Gasteiger charge is -2.21.